The van der Waals surface area contributed by atoms with Gasteiger partial charge >= 0.3 is 0 Å². The Labute approximate surface area is 205 Å². The molecule has 6 nitrogen and oxygen atoms in total. The Morgan fingerprint density at radius 3 is 2.59 bits per heavy atom. The maximum atomic E-state index is 13.2. The highest BCUT2D eigenvalue weighted by atomic mass is 35.5. The lowest BCUT2D eigenvalue weighted by Crippen LogP contribution is -2.42. The normalized spacial score (nSPS) is 15.5. The summed E-state index contributed by atoms with van der Waals surface area (Å²) in [6.45, 7) is 3.18. The average molecular weight is 480 g/mol. The number of aromatic nitrogens is 1. The smallest absolute Gasteiger partial charge is 0.224 e. The Kier molecular flexibility index (Phi) is 8.39. The van der Waals surface area contributed by atoms with Crippen molar-refractivity contribution in [1.29, 1.82) is 0 Å². The first-order valence-electron chi connectivity index (χ1n) is 11.6. The summed E-state index contributed by atoms with van der Waals surface area (Å²) in [5.74, 6) is 1.61. The molecule has 1 aromatic heterocycles. The molecule has 1 amide bonds. The first-order valence-corrected chi connectivity index (χ1v) is 12.0. The number of carbonyl (C=O) groups excluding carboxylic acids is 1. The number of hydrogen-bond donors (Lipinski definition) is 1. The van der Waals surface area contributed by atoms with Crippen LogP contribution in [0.2, 0.25) is 5.02 Å². The van der Waals surface area contributed by atoms with Crippen LogP contribution in [-0.2, 0) is 4.79 Å². The van der Waals surface area contributed by atoms with E-state index in [0.29, 0.717) is 11.6 Å². The van der Waals surface area contributed by atoms with Gasteiger partial charge in [0.2, 0.25) is 5.91 Å². The maximum Gasteiger partial charge on any atom is 0.224 e. The van der Waals surface area contributed by atoms with Gasteiger partial charge in [-0.3, -0.25) is 14.7 Å². The standard InChI is InChI=1S/C27H30ClN3O3/c1-33-24-6-4-5-21(19-24)26(25-7-2-3-14-29-25)30-27(32)20-12-15-31(16-13-20)17-18-34-23-10-8-22(28)9-11-23/h2-11,14,19-20,26H,12-13,15-18H2,1H3,(H,30,32). The van der Waals surface area contributed by atoms with Gasteiger partial charge in [0.25, 0.3) is 0 Å². The number of hydrogen-bond acceptors (Lipinski definition) is 5. The minimum Gasteiger partial charge on any atom is -0.497 e. The molecule has 3 aromatic rings. The second-order valence-electron chi connectivity index (χ2n) is 8.39. The average Bonchev–Trinajstić information content (AvgIpc) is 2.89. The summed E-state index contributed by atoms with van der Waals surface area (Å²) < 4.78 is 11.2. The number of benzene rings is 2. The summed E-state index contributed by atoms with van der Waals surface area (Å²) in [7, 11) is 1.64. The Hall–Kier alpha value is -3.09. The fourth-order valence-corrected chi connectivity index (χ4v) is 4.32. The predicted octanol–water partition coefficient (Wildman–Crippen LogP) is 4.74. The summed E-state index contributed by atoms with van der Waals surface area (Å²) in [6, 6.07) is 20.6. The van der Waals surface area contributed by atoms with Crippen molar-refractivity contribution < 1.29 is 14.3 Å². The van der Waals surface area contributed by atoms with Crippen LogP contribution in [0, 0.1) is 5.92 Å². The van der Waals surface area contributed by atoms with Crippen molar-refractivity contribution in [3.8, 4) is 11.5 Å². The topological polar surface area (TPSA) is 63.7 Å². The summed E-state index contributed by atoms with van der Waals surface area (Å²) in [4.78, 5) is 20.1. The van der Waals surface area contributed by atoms with Crippen LogP contribution in [0.3, 0.4) is 0 Å². The number of nitrogens with one attached hydrogen (secondary N) is 1. The molecule has 34 heavy (non-hydrogen) atoms. The maximum absolute atomic E-state index is 13.2. The second kappa shape index (κ2) is 11.9. The minimum atomic E-state index is -0.324. The molecule has 0 bridgehead atoms. The van der Waals surface area contributed by atoms with E-state index in [9.17, 15) is 4.79 Å². The number of amides is 1. The Morgan fingerprint density at radius 1 is 1.09 bits per heavy atom. The van der Waals surface area contributed by atoms with Crippen molar-refractivity contribution in [2.45, 2.75) is 18.9 Å². The van der Waals surface area contributed by atoms with E-state index in [2.05, 4.69) is 15.2 Å². The van der Waals surface area contributed by atoms with Gasteiger partial charge in [-0.25, -0.2) is 0 Å². The molecule has 1 saturated heterocycles. The molecule has 0 spiro atoms. The van der Waals surface area contributed by atoms with Crippen molar-refractivity contribution in [2.24, 2.45) is 5.92 Å². The van der Waals surface area contributed by atoms with E-state index < -0.39 is 0 Å². The number of nitrogens with zero attached hydrogens (tertiary/aromatic N) is 2. The summed E-state index contributed by atoms with van der Waals surface area (Å²) in [5.41, 5.74) is 1.75. The highest BCUT2D eigenvalue weighted by molar-refractivity contribution is 6.30. The molecule has 7 heteroatoms. The molecule has 0 aliphatic carbocycles. The number of methoxy groups -OCH3 is 1. The largest absolute Gasteiger partial charge is 0.497 e. The lowest BCUT2D eigenvalue weighted by atomic mass is 9.94. The van der Waals surface area contributed by atoms with Gasteiger partial charge < -0.3 is 14.8 Å². The molecule has 2 heterocycles. The number of likely N-dealkylation sites (tertiary alicyclic amines) is 1. The van der Waals surface area contributed by atoms with Gasteiger partial charge in [0.05, 0.1) is 18.8 Å². The molecule has 1 unspecified atom stereocenters. The number of pyridine rings is 1. The monoisotopic (exact) mass is 479 g/mol. The number of carbonyl (C=O) groups is 1. The van der Waals surface area contributed by atoms with Crippen LogP contribution >= 0.6 is 11.6 Å². The summed E-state index contributed by atoms with van der Waals surface area (Å²) >= 11 is 5.92. The zero-order valence-electron chi connectivity index (χ0n) is 19.3. The zero-order chi connectivity index (χ0) is 23.8. The molecule has 1 atom stereocenters. The molecular formula is C27H30ClN3O3. The molecule has 4 rings (SSSR count). The van der Waals surface area contributed by atoms with Crippen molar-refractivity contribution >= 4 is 17.5 Å². The van der Waals surface area contributed by atoms with E-state index in [4.69, 9.17) is 21.1 Å². The van der Waals surface area contributed by atoms with Crippen LogP contribution in [0.1, 0.15) is 30.1 Å². The fraction of sp³-hybridized carbons (Fsp3) is 0.333. The molecule has 1 fully saturated rings. The number of rotatable bonds is 9. The molecule has 178 valence electrons. The van der Waals surface area contributed by atoms with Crippen LogP contribution in [0.15, 0.2) is 72.9 Å². The molecule has 0 radical (unpaired) electrons. The first-order chi connectivity index (χ1) is 16.6. The van der Waals surface area contributed by atoms with Crippen LogP contribution in [-0.4, -0.2) is 49.1 Å². The van der Waals surface area contributed by atoms with Crippen molar-refractivity contribution in [3.63, 3.8) is 0 Å². The molecule has 1 N–H and O–H groups in total. The number of halogens is 1. The third-order valence-corrected chi connectivity index (χ3v) is 6.40. The van der Waals surface area contributed by atoms with Crippen molar-refractivity contribution in [3.05, 3.63) is 89.2 Å². The van der Waals surface area contributed by atoms with E-state index in [1.54, 1.807) is 13.3 Å². The van der Waals surface area contributed by atoms with Gasteiger partial charge in [-0.1, -0.05) is 29.8 Å². The fourth-order valence-electron chi connectivity index (χ4n) is 4.20. The number of piperidine rings is 1. The SMILES string of the molecule is COc1cccc(C(NC(=O)C2CCN(CCOc3ccc(Cl)cc3)CC2)c2ccccn2)c1. The van der Waals surface area contributed by atoms with E-state index in [1.165, 1.54) is 0 Å². The summed E-state index contributed by atoms with van der Waals surface area (Å²) in [5, 5.41) is 3.94. The van der Waals surface area contributed by atoms with Crippen LogP contribution in [0.4, 0.5) is 0 Å². The second-order valence-corrected chi connectivity index (χ2v) is 8.83. The van der Waals surface area contributed by atoms with E-state index in [1.807, 2.05) is 66.7 Å². The van der Waals surface area contributed by atoms with Crippen LogP contribution in [0.5, 0.6) is 11.5 Å². The lowest BCUT2D eigenvalue weighted by Gasteiger charge is -2.32. The Balaban J connectivity index is 1.31. The highest BCUT2D eigenvalue weighted by Gasteiger charge is 2.28. The third kappa shape index (κ3) is 6.49. The van der Waals surface area contributed by atoms with Gasteiger partial charge in [0.1, 0.15) is 18.1 Å². The molecule has 1 aliphatic heterocycles. The van der Waals surface area contributed by atoms with E-state index >= 15 is 0 Å². The molecule has 1 aliphatic rings. The number of ether oxygens (including phenoxy) is 2. The first kappa shape index (κ1) is 24.0. The Morgan fingerprint density at radius 2 is 1.88 bits per heavy atom. The predicted molar refractivity (Wildman–Crippen MR) is 133 cm³/mol. The van der Waals surface area contributed by atoms with Crippen LogP contribution in [0.25, 0.3) is 0 Å². The lowest BCUT2D eigenvalue weighted by molar-refractivity contribution is -0.127. The van der Waals surface area contributed by atoms with Gasteiger partial charge in [0.15, 0.2) is 0 Å². The van der Waals surface area contributed by atoms with Gasteiger partial charge in [-0.05, 0) is 80.0 Å². The molecule has 2 aromatic carbocycles. The van der Waals surface area contributed by atoms with Crippen molar-refractivity contribution in [2.75, 3.05) is 33.4 Å². The van der Waals surface area contributed by atoms with Crippen LogP contribution < -0.4 is 14.8 Å². The van der Waals surface area contributed by atoms with Gasteiger partial charge in [-0.15, -0.1) is 0 Å². The zero-order valence-corrected chi connectivity index (χ0v) is 20.1. The van der Waals surface area contributed by atoms with E-state index in [-0.39, 0.29) is 17.9 Å². The Bertz CT molecular complexity index is 1050. The van der Waals surface area contributed by atoms with E-state index in [0.717, 1.165) is 55.2 Å². The molecular weight excluding hydrogens is 450 g/mol. The highest BCUT2D eigenvalue weighted by Crippen LogP contribution is 2.26. The van der Waals surface area contributed by atoms with Gasteiger partial charge in [0, 0.05) is 23.7 Å². The third-order valence-electron chi connectivity index (χ3n) is 6.15. The minimum absolute atomic E-state index is 0.0229. The quantitative estimate of drug-likeness (QED) is 0.480. The molecule has 0 saturated carbocycles. The van der Waals surface area contributed by atoms with Gasteiger partial charge in [-0.2, -0.15) is 0 Å². The summed E-state index contributed by atoms with van der Waals surface area (Å²) in [6.07, 6.45) is 3.39. The van der Waals surface area contributed by atoms with Crippen molar-refractivity contribution in [1.82, 2.24) is 15.2 Å².